The van der Waals surface area contributed by atoms with Crippen molar-refractivity contribution in [3.05, 3.63) is 47.3 Å². The number of aromatic nitrogens is 2. The van der Waals surface area contributed by atoms with Gasteiger partial charge in [0.05, 0.1) is 18.7 Å². The van der Waals surface area contributed by atoms with Crippen LogP contribution in [0.4, 0.5) is 0 Å². The van der Waals surface area contributed by atoms with Crippen molar-refractivity contribution < 1.29 is 9.59 Å². The molecule has 0 bridgehead atoms. The Hall–Kier alpha value is -1.88. The highest BCUT2D eigenvalue weighted by molar-refractivity contribution is 7.98. The van der Waals surface area contributed by atoms with Gasteiger partial charge in [-0.1, -0.05) is 0 Å². The maximum atomic E-state index is 12.5. The molecule has 1 saturated carbocycles. The predicted molar refractivity (Wildman–Crippen MR) is 91.0 cm³/mol. The lowest BCUT2D eigenvalue weighted by Crippen LogP contribution is -2.13. The van der Waals surface area contributed by atoms with E-state index >= 15 is 0 Å². The van der Waals surface area contributed by atoms with E-state index in [4.69, 9.17) is 0 Å². The number of hydrogen-bond acceptors (Lipinski definition) is 4. The van der Waals surface area contributed by atoms with E-state index in [1.807, 2.05) is 48.3 Å². The third-order valence-corrected chi connectivity index (χ3v) is 4.81. The molecule has 1 heterocycles. The van der Waals surface area contributed by atoms with Crippen LogP contribution in [-0.2, 0) is 11.3 Å². The van der Waals surface area contributed by atoms with Gasteiger partial charge < -0.3 is 0 Å². The highest BCUT2D eigenvalue weighted by Crippen LogP contribution is 2.31. The molecule has 4 nitrogen and oxygen atoms in total. The minimum absolute atomic E-state index is 0.0222. The average molecular weight is 328 g/mol. The molecule has 0 amide bonds. The number of benzene rings is 1. The zero-order chi connectivity index (χ0) is 16.4. The lowest BCUT2D eigenvalue weighted by Gasteiger charge is -2.11. The summed E-state index contributed by atoms with van der Waals surface area (Å²) < 4.78 is 1.83. The molecule has 0 saturated heterocycles. The summed E-state index contributed by atoms with van der Waals surface area (Å²) in [5.41, 5.74) is 2.52. The largest absolute Gasteiger partial charge is 0.299 e. The summed E-state index contributed by atoms with van der Waals surface area (Å²) in [4.78, 5) is 25.6. The van der Waals surface area contributed by atoms with E-state index in [0.717, 1.165) is 29.0 Å². The summed E-state index contributed by atoms with van der Waals surface area (Å²) in [6.45, 7) is 2.48. The van der Waals surface area contributed by atoms with Gasteiger partial charge in [-0.3, -0.25) is 14.3 Å². The highest BCUT2D eigenvalue weighted by Gasteiger charge is 2.31. The van der Waals surface area contributed by atoms with Gasteiger partial charge in [0.15, 0.2) is 5.78 Å². The third kappa shape index (κ3) is 3.91. The van der Waals surface area contributed by atoms with Gasteiger partial charge in [-0.2, -0.15) is 5.10 Å². The molecular weight excluding hydrogens is 308 g/mol. The fourth-order valence-electron chi connectivity index (χ4n) is 2.63. The summed E-state index contributed by atoms with van der Waals surface area (Å²) in [5.74, 6) is 0.139. The molecule has 1 aliphatic rings. The van der Waals surface area contributed by atoms with Crippen LogP contribution in [0.3, 0.4) is 0 Å². The Morgan fingerprint density at radius 3 is 2.70 bits per heavy atom. The van der Waals surface area contributed by atoms with Crippen molar-refractivity contribution in [1.82, 2.24) is 9.78 Å². The van der Waals surface area contributed by atoms with E-state index < -0.39 is 0 Å². The zero-order valence-corrected chi connectivity index (χ0v) is 14.2. The number of ketones is 2. The normalized spacial score (nSPS) is 14.0. The molecule has 0 unspecified atom stereocenters. The summed E-state index contributed by atoms with van der Waals surface area (Å²) >= 11 is 1.64. The van der Waals surface area contributed by atoms with Gasteiger partial charge in [0.25, 0.3) is 0 Å². The van der Waals surface area contributed by atoms with Gasteiger partial charge in [-0.15, -0.1) is 11.8 Å². The van der Waals surface area contributed by atoms with Gasteiger partial charge in [0.1, 0.15) is 5.78 Å². The molecule has 0 radical (unpaired) electrons. The van der Waals surface area contributed by atoms with Crippen molar-refractivity contribution in [2.45, 2.75) is 37.6 Å². The van der Waals surface area contributed by atoms with Crippen LogP contribution in [0, 0.1) is 12.8 Å². The minimum Gasteiger partial charge on any atom is -0.299 e. The molecule has 2 aromatic rings. The third-order valence-electron chi connectivity index (χ3n) is 4.09. The van der Waals surface area contributed by atoms with E-state index in [0.29, 0.717) is 12.1 Å². The average Bonchev–Trinajstić information content (AvgIpc) is 3.31. The number of carbonyl (C=O) groups is 2. The monoisotopic (exact) mass is 328 g/mol. The summed E-state index contributed by atoms with van der Waals surface area (Å²) in [7, 11) is 0. The molecule has 3 rings (SSSR count). The van der Waals surface area contributed by atoms with Crippen LogP contribution >= 0.6 is 11.8 Å². The van der Waals surface area contributed by atoms with E-state index in [9.17, 15) is 9.59 Å². The SMILES string of the molecule is CSc1ccc(C(=O)CC(=O)C2CC2)c(Cn2ccc(C)n2)c1. The second kappa shape index (κ2) is 6.71. The summed E-state index contributed by atoms with van der Waals surface area (Å²) in [6, 6.07) is 7.75. The summed E-state index contributed by atoms with van der Waals surface area (Å²) in [5, 5.41) is 4.39. The zero-order valence-electron chi connectivity index (χ0n) is 13.4. The highest BCUT2D eigenvalue weighted by atomic mass is 32.2. The number of rotatable bonds is 7. The Balaban J connectivity index is 1.85. The minimum atomic E-state index is -0.0755. The van der Waals surface area contributed by atoms with E-state index in [1.54, 1.807) is 11.8 Å². The first-order chi connectivity index (χ1) is 11.1. The van der Waals surface area contributed by atoms with Crippen LogP contribution in [0.1, 0.15) is 40.9 Å². The van der Waals surface area contributed by atoms with Gasteiger partial charge in [0, 0.05) is 22.6 Å². The molecule has 0 spiro atoms. The number of Topliss-reactive ketones (excluding diaryl/α,β-unsaturated/α-hetero) is 2. The molecule has 0 N–H and O–H groups in total. The lowest BCUT2D eigenvalue weighted by atomic mass is 9.99. The van der Waals surface area contributed by atoms with Crippen LogP contribution in [0.25, 0.3) is 0 Å². The van der Waals surface area contributed by atoms with Gasteiger partial charge in [-0.25, -0.2) is 0 Å². The van der Waals surface area contributed by atoms with Crippen molar-refractivity contribution in [2.24, 2.45) is 5.92 Å². The Kier molecular flexibility index (Phi) is 4.66. The van der Waals surface area contributed by atoms with Crippen LogP contribution in [0.2, 0.25) is 0 Å². The number of aryl methyl sites for hydroxylation is 1. The predicted octanol–water partition coefficient (Wildman–Crippen LogP) is 3.51. The fraction of sp³-hybridized carbons (Fsp3) is 0.389. The maximum Gasteiger partial charge on any atom is 0.170 e. The quantitative estimate of drug-likeness (QED) is 0.443. The molecule has 1 aliphatic carbocycles. The number of nitrogens with zero attached hydrogens (tertiary/aromatic N) is 2. The molecule has 1 fully saturated rings. The maximum absolute atomic E-state index is 12.5. The molecule has 1 aromatic carbocycles. The topological polar surface area (TPSA) is 52.0 Å². The van der Waals surface area contributed by atoms with Crippen molar-refractivity contribution in [3.63, 3.8) is 0 Å². The second-order valence-electron chi connectivity index (χ2n) is 6.02. The van der Waals surface area contributed by atoms with Crippen LogP contribution in [-0.4, -0.2) is 27.6 Å². The number of carbonyl (C=O) groups excluding carboxylic acids is 2. The first kappa shape index (κ1) is 16.0. The molecule has 0 atom stereocenters. The van der Waals surface area contributed by atoms with Crippen molar-refractivity contribution in [1.29, 1.82) is 0 Å². The first-order valence-electron chi connectivity index (χ1n) is 7.79. The van der Waals surface area contributed by atoms with Crippen LogP contribution in [0.15, 0.2) is 35.4 Å². The molecule has 1 aromatic heterocycles. The lowest BCUT2D eigenvalue weighted by molar-refractivity contribution is -0.119. The van der Waals surface area contributed by atoms with Crippen LogP contribution in [0.5, 0.6) is 0 Å². The molecule has 5 heteroatoms. The smallest absolute Gasteiger partial charge is 0.170 e. The Morgan fingerprint density at radius 2 is 2.09 bits per heavy atom. The molecule has 23 heavy (non-hydrogen) atoms. The van der Waals surface area contributed by atoms with Gasteiger partial charge in [-0.05, 0) is 55.9 Å². The van der Waals surface area contributed by atoms with Crippen molar-refractivity contribution in [2.75, 3.05) is 6.26 Å². The Bertz CT molecular complexity index is 747. The first-order valence-corrected chi connectivity index (χ1v) is 9.02. The van der Waals surface area contributed by atoms with Crippen molar-refractivity contribution in [3.8, 4) is 0 Å². The Morgan fingerprint density at radius 1 is 1.30 bits per heavy atom. The fourth-order valence-corrected chi connectivity index (χ4v) is 3.09. The van der Waals surface area contributed by atoms with E-state index in [-0.39, 0.29) is 23.9 Å². The Labute approximate surface area is 140 Å². The molecule has 120 valence electrons. The standard InChI is InChI=1S/C18H20N2O2S/c1-12-7-8-20(19-12)11-14-9-15(23-2)5-6-16(14)18(22)10-17(21)13-3-4-13/h5-9,13H,3-4,10-11H2,1-2H3. The molecule has 0 aliphatic heterocycles. The number of thioether (sulfide) groups is 1. The van der Waals surface area contributed by atoms with Crippen LogP contribution < -0.4 is 0 Å². The van der Waals surface area contributed by atoms with Gasteiger partial charge >= 0.3 is 0 Å². The van der Waals surface area contributed by atoms with Gasteiger partial charge in [0.2, 0.25) is 0 Å². The number of hydrogen-bond donors (Lipinski definition) is 0. The van der Waals surface area contributed by atoms with Crippen molar-refractivity contribution >= 4 is 23.3 Å². The summed E-state index contributed by atoms with van der Waals surface area (Å²) in [6.07, 6.45) is 5.82. The molecular formula is C18H20N2O2S. The van der Waals surface area contributed by atoms with E-state index in [1.165, 1.54) is 0 Å². The second-order valence-corrected chi connectivity index (χ2v) is 6.90. The van der Waals surface area contributed by atoms with E-state index in [2.05, 4.69) is 5.10 Å².